The number of thiophene rings is 1. The third-order valence-electron chi connectivity index (χ3n) is 5.20. The van der Waals surface area contributed by atoms with E-state index >= 15 is 0 Å². The zero-order valence-electron chi connectivity index (χ0n) is 16.2. The minimum atomic E-state index is -0.0282. The summed E-state index contributed by atoms with van der Waals surface area (Å²) in [5.74, 6) is -0.0282. The molecule has 4 rings (SSSR count). The second-order valence-corrected chi connectivity index (χ2v) is 8.19. The summed E-state index contributed by atoms with van der Waals surface area (Å²) in [5.41, 5.74) is 2.34. The summed E-state index contributed by atoms with van der Waals surface area (Å²) < 4.78 is 1.80. The van der Waals surface area contributed by atoms with E-state index in [1.165, 1.54) is 6.42 Å². The Morgan fingerprint density at radius 3 is 2.64 bits per heavy atom. The molecule has 1 fully saturated rings. The van der Waals surface area contributed by atoms with Gasteiger partial charge in [0.1, 0.15) is 5.69 Å². The Morgan fingerprint density at radius 2 is 1.96 bits per heavy atom. The highest BCUT2D eigenvalue weighted by atomic mass is 32.1. The van der Waals surface area contributed by atoms with Crippen molar-refractivity contribution in [2.75, 3.05) is 19.6 Å². The van der Waals surface area contributed by atoms with E-state index in [1.807, 2.05) is 54.0 Å². The van der Waals surface area contributed by atoms with Gasteiger partial charge in [-0.3, -0.25) is 4.79 Å². The topological polar surface area (TPSA) is 50.2 Å². The molecule has 2 aromatic heterocycles. The number of nitrogens with one attached hydrogen (secondary N) is 1. The maximum Gasteiger partial charge on any atom is 0.255 e. The minimum absolute atomic E-state index is 0.0282. The lowest BCUT2D eigenvalue weighted by atomic mass is 10.0. The number of para-hydroxylation sites is 1. The molecular formula is C22H26N4OS. The highest BCUT2D eigenvalue weighted by Gasteiger charge is 2.24. The number of carbonyl (C=O) groups is 1. The van der Waals surface area contributed by atoms with E-state index in [0.717, 1.165) is 48.7 Å². The molecule has 0 bridgehead atoms. The molecule has 1 amide bonds. The average molecular weight is 395 g/mol. The van der Waals surface area contributed by atoms with Crippen molar-refractivity contribution in [3.8, 4) is 16.3 Å². The van der Waals surface area contributed by atoms with E-state index in [-0.39, 0.29) is 11.9 Å². The van der Waals surface area contributed by atoms with Crippen LogP contribution in [0.4, 0.5) is 0 Å². The Kier molecular flexibility index (Phi) is 5.88. The fourth-order valence-electron chi connectivity index (χ4n) is 3.73. The van der Waals surface area contributed by atoms with E-state index in [1.54, 1.807) is 16.0 Å². The fourth-order valence-corrected chi connectivity index (χ4v) is 4.45. The largest absolute Gasteiger partial charge is 0.349 e. The molecule has 146 valence electrons. The van der Waals surface area contributed by atoms with Crippen LogP contribution in [0.2, 0.25) is 0 Å². The smallest absolute Gasteiger partial charge is 0.255 e. The van der Waals surface area contributed by atoms with Crippen LogP contribution >= 0.6 is 11.3 Å². The Bertz CT molecular complexity index is 896. The third kappa shape index (κ3) is 4.18. The summed E-state index contributed by atoms with van der Waals surface area (Å²) >= 11 is 1.61. The lowest BCUT2D eigenvalue weighted by molar-refractivity contribution is 0.0912. The van der Waals surface area contributed by atoms with Crippen LogP contribution in [0.15, 0.2) is 54.0 Å². The molecule has 3 aromatic rings. The number of carbonyl (C=O) groups excluding carboxylic acids is 1. The first-order valence-corrected chi connectivity index (χ1v) is 10.8. The number of piperidine rings is 1. The summed E-state index contributed by atoms with van der Waals surface area (Å²) in [5, 5.41) is 10.00. The molecule has 1 aliphatic heterocycles. The van der Waals surface area contributed by atoms with Crippen molar-refractivity contribution in [3.63, 3.8) is 0 Å². The monoisotopic (exact) mass is 394 g/mol. The molecule has 3 heterocycles. The predicted molar refractivity (Wildman–Crippen MR) is 114 cm³/mol. The third-order valence-corrected chi connectivity index (χ3v) is 6.07. The fraction of sp³-hybridized carbons (Fsp3) is 0.364. The maximum atomic E-state index is 13.1. The van der Waals surface area contributed by atoms with Gasteiger partial charge in [0.05, 0.1) is 16.1 Å². The van der Waals surface area contributed by atoms with Gasteiger partial charge in [-0.25, -0.2) is 4.68 Å². The van der Waals surface area contributed by atoms with Gasteiger partial charge in [-0.1, -0.05) is 31.2 Å². The van der Waals surface area contributed by atoms with Crippen molar-refractivity contribution in [1.29, 1.82) is 0 Å². The molecule has 0 spiro atoms. The van der Waals surface area contributed by atoms with Gasteiger partial charge in [0.15, 0.2) is 0 Å². The van der Waals surface area contributed by atoms with Crippen LogP contribution in [0.3, 0.4) is 0 Å². The molecule has 5 nitrogen and oxygen atoms in total. The molecule has 1 N–H and O–H groups in total. The van der Waals surface area contributed by atoms with Crippen molar-refractivity contribution in [3.05, 3.63) is 59.6 Å². The summed E-state index contributed by atoms with van der Waals surface area (Å²) in [6.45, 7) is 5.47. The molecule has 0 radical (unpaired) electrons. The standard InChI is InChI=1S/C22H26N4OS/c1-2-12-25-13-10-17(11-14-25)23-22(27)19-16-26(18-7-4-3-5-8-18)24-21(19)20-9-6-15-28-20/h3-9,15-17H,2,10-14H2,1H3,(H,23,27). The second kappa shape index (κ2) is 8.71. The van der Waals surface area contributed by atoms with Crippen LogP contribution in [0.25, 0.3) is 16.3 Å². The van der Waals surface area contributed by atoms with Crippen molar-refractivity contribution >= 4 is 17.2 Å². The number of likely N-dealkylation sites (tertiary alicyclic amines) is 1. The molecule has 1 aromatic carbocycles. The highest BCUT2D eigenvalue weighted by Crippen LogP contribution is 2.28. The van der Waals surface area contributed by atoms with E-state index in [9.17, 15) is 4.79 Å². The van der Waals surface area contributed by atoms with Gasteiger partial charge in [0.25, 0.3) is 5.91 Å². The second-order valence-electron chi connectivity index (χ2n) is 7.24. The van der Waals surface area contributed by atoms with Crippen molar-refractivity contribution in [2.24, 2.45) is 0 Å². The van der Waals surface area contributed by atoms with Crippen LogP contribution in [-0.2, 0) is 0 Å². The van der Waals surface area contributed by atoms with Crippen LogP contribution in [0.1, 0.15) is 36.5 Å². The molecule has 6 heteroatoms. The molecule has 1 saturated heterocycles. The van der Waals surface area contributed by atoms with E-state index < -0.39 is 0 Å². The van der Waals surface area contributed by atoms with Crippen molar-refractivity contribution in [2.45, 2.75) is 32.2 Å². The van der Waals surface area contributed by atoms with Gasteiger partial charge in [0.2, 0.25) is 0 Å². The van der Waals surface area contributed by atoms with E-state index in [0.29, 0.717) is 5.56 Å². The predicted octanol–water partition coefficient (Wildman–Crippen LogP) is 4.21. The van der Waals surface area contributed by atoms with Crippen molar-refractivity contribution in [1.82, 2.24) is 20.0 Å². The summed E-state index contributed by atoms with van der Waals surface area (Å²) in [4.78, 5) is 16.6. The molecule has 0 unspecified atom stereocenters. The first-order valence-electron chi connectivity index (χ1n) is 9.97. The zero-order chi connectivity index (χ0) is 19.3. The first-order chi connectivity index (χ1) is 13.7. The van der Waals surface area contributed by atoms with Crippen LogP contribution in [0, 0.1) is 0 Å². The molecule has 0 atom stereocenters. The number of benzene rings is 1. The Hall–Kier alpha value is -2.44. The molecule has 0 saturated carbocycles. The van der Waals surface area contributed by atoms with E-state index in [2.05, 4.69) is 17.1 Å². The number of hydrogen-bond donors (Lipinski definition) is 1. The normalized spacial score (nSPS) is 15.6. The van der Waals surface area contributed by atoms with Gasteiger partial charge in [0, 0.05) is 25.3 Å². The average Bonchev–Trinajstić information content (AvgIpc) is 3.40. The zero-order valence-corrected chi connectivity index (χ0v) is 17.0. The van der Waals surface area contributed by atoms with Gasteiger partial charge in [-0.2, -0.15) is 5.10 Å². The van der Waals surface area contributed by atoms with Crippen LogP contribution in [-0.4, -0.2) is 46.3 Å². The van der Waals surface area contributed by atoms with Crippen LogP contribution in [0.5, 0.6) is 0 Å². The summed E-state index contributed by atoms with van der Waals surface area (Å²) in [7, 11) is 0. The van der Waals surface area contributed by atoms with Gasteiger partial charge in [-0.05, 0) is 49.4 Å². The Labute approximate surface area is 170 Å². The number of nitrogens with zero attached hydrogens (tertiary/aromatic N) is 3. The lowest BCUT2D eigenvalue weighted by Crippen LogP contribution is -2.44. The maximum absolute atomic E-state index is 13.1. The van der Waals surface area contributed by atoms with Gasteiger partial charge >= 0.3 is 0 Å². The molecule has 1 aliphatic rings. The number of rotatable bonds is 6. The summed E-state index contributed by atoms with van der Waals surface area (Å²) in [6, 6.07) is 14.2. The molecular weight excluding hydrogens is 368 g/mol. The molecule has 28 heavy (non-hydrogen) atoms. The number of hydrogen-bond acceptors (Lipinski definition) is 4. The van der Waals surface area contributed by atoms with Crippen LogP contribution < -0.4 is 5.32 Å². The van der Waals surface area contributed by atoms with E-state index in [4.69, 9.17) is 5.10 Å². The Balaban J connectivity index is 1.54. The Morgan fingerprint density at radius 1 is 1.18 bits per heavy atom. The number of amides is 1. The first kappa shape index (κ1) is 18.9. The molecule has 0 aliphatic carbocycles. The highest BCUT2D eigenvalue weighted by molar-refractivity contribution is 7.13. The van der Waals surface area contributed by atoms with Gasteiger partial charge in [-0.15, -0.1) is 11.3 Å². The minimum Gasteiger partial charge on any atom is -0.349 e. The number of aromatic nitrogens is 2. The van der Waals surface area contributed by atoms with Gasteiger partial charge < -0.3 is 10.2 Å². The quantitative estimate of drug-likeness (QED) is 0.681. The summed E-state index contributed by atoms with van der Waals surface area (Å²) in [6.07, 6.45) is 5.05. The van der Waals surface area contributed by atoms with Crippen molar-refractivity contribution < 1.29 is 4.79 Å². The lowest BCUT2D eigenvalue weighted by Gasteiger charge is -2.32. The SMILES string of the molecule is CCCN1CCC(NC(=O)c2cn(-c3ccccc3)nc2-c2cccs2)CC1.